The molecule has 0 radical (unpaired) electrons. The van der Waals surface area contributed by atoms with Crippen molar-refractivity contribution < 1.29 is 9.66 Å². The average Bonchev–Trinajstić information content (AvgIpc) is 2.67. The highest BCUT2D eigenvalue weighted by molar-refractivity contribution is 5.58. The number of nitrogens with one attached hydrogen (secondary N) is 2. The quantitative estimate of drug-likeness (QED) is 0.340. The number of benzene rings is 1. The molecular weight excluding hydrogens is 374 g/mol. The first kappa shape index (κ1) is 22.1. The number of nitrogens with zero attached hydrogens (tertiary/aromatic N) is 1. The lowest BCUT2D eigenvalue weighted by Gasteiger charge is -2.07. The van der Waals surface area contributed by atoms with E-state index in [1.165, 1.54) is 43.9 Å². The summed E-state index contributed by atoms with van der Waals surface area (Å²) in [6.45, 7) is 6.05. The van der Waals surface area contributed by atoms with Gasteiger partial charge in [0.2, 0.25) is 0 Å². The van der Waals surface area contributed by atoms with E-state index in [2.05, 4.69) is 23.5 Å². The first-order valence-electron chi connectivity index (χ1n) is 9.87. The van der Waals surface area contributed by atoms with Crippen molar-refractivity contribution in [2.24, 2.45) is 0 Å². The van der Waals surface area contributed by atoms with E-state index >= 15 is 0 Å². The zero-order chi connectivity index (χ0) is 21.2. The lowest BCUT2D eigenvalue weighted by atomic mass is 10.1. The second-order valence-electron chi connectivity index (χ2n) is 6.90. The standard InChI is InChI=1S/C21H27N3O5/c1-3-4-5-6-7-8-9-12-29-19-11-10-16(14-18(19)24(27)28)13-17-20(25)22-15(2)23-21(17)26/h10-11,13-14H,2-9,12H2,1H3,(H,22,25)(H,23,26). The summed E-state index contributed by atoms with van der Waals surface area (Å²) < 4.78 is 5.59. The summed E-state index contributed by atoms with van der Waals surface area (Å²) in [6, 6.07) is 4.35. The molecule has 0 spiro atoms. The van der Waals surface area contributed by atoms with Crippen LogP contribution in [0.1, 0.15) is 57.4 Å². The van der Waals surface area contributed by atoms with Gasteiger partial charge in [0, 0.05) is 6.07 Å². The van der Waals surface area contributed by atoms with Gasteiger partial charge in [0.25, 0.3) is 11.1 Å². The Labute approximate surface area is 168 Å². The maximum Gasteiger partial charge on any atom is 0.311 e. The second-order valence-corrected chi connectivity index (χ2v) is 6.90. The number of unbranched alkanes of at least 4 members (excludes halogenated alkanes) is 6. The van der Waals surface area contributed by atoms with Crippen LogP contribution in [-0.4, -0.2) is 21.5 Å². The Morgan fingerprint density at radius 1 is 1.07 bits per heavy atom. The molecular formula is C21H27N3O5. The summed E-state index contributed by atoms with van der Waals surface area (Å²) in [4.78, 5) is 39.5. The fourth-order valence-electron chi connectivity index (χ4n) is 2.97. The minimum Gasteiger partial charge on any atom is -0.487 e. The number of H-pyrrole nitrogens is 2. The third-order valence-electron chi connectivity index (χ3n) is 4.51. The van der Waals surface area contributed by atoms with Crippen molar-refractivity contribution in [2.45, 2.75) is 51.9 Å². The van der Waals surface area contributed by atoms with Crippen LogP contribution < -0.4 is 26.6 Å². The highest BCUT2D eigenvalue weighted by Crippen LogP contribution is 2.28. The Hall–Kier alpha value is -3.16. The first-order valence-corrected chi connectivity index (χ1v) is 9.87. The number of ether oxygens (including phenoxy) is 1. The molecule has 1 aromatic heterocycles. The van der Waals surface area contributed by atoms with Crippen molar-refractivity contribution in [1.29, 1.82) is 0 Å². The van der Waals surface area contributed by atoms with Crippen LogP contribution >= 0.6 is 0 Å². The van der Waals surface area contributed by atoms with Gasteiger partial charge in [0.15, 0.2) is 5.75 Å². The van der Waals surface area contributed by atoms with Crippen LogP contribution in [0.2, 0.25) is 0 Å². The number of aromatic amines is 2. The maximum absolute atomic E-state index is 11.9. The summed E-state index contributed by atoms with van der Waals surface area (Å²) in [5, 5.41) is 11.3. The Bertz CT molecular complexity index is 1020. The van der Waals surface area contributed by atoms with E-state index in [0.717, 1.165) is 19.3 Å². The molecule has 0 bridgehead atoms. The van der Waals surface area contributed by atoms with Crippen molar-refractivity contribution in [3.8, 4) is 5.75 Å². The maximum atomic E-state index is 11.9. The molecule has 0 aliphatic heterocycles. The summed E-state index contributed by atoms with van der Waals surface area (Å²) in [7, 11) is 0. The highest BCUT2D eigenvalue weighted by Gasteiger charge is 2.15. The van der Waals surface area contributed by atoms with Crippen LogP contribution in [0, 0.1) is 10.1 Å². The molecule has 2 aromatic rings. The van der Waals surface area contributed by atoms with Gasteiger partial charge < -0.3 is 14.7 Å². The fraction of sp³-hybridized carbons (Fsp3) is 0.429. The monoisotopic (exact) mass is 401 g/mol. The molecule has 2 N–H and O–H groups in total. The summed E-state index contributed by atoms with van der Waals surface area (Å²) in [5.41, 5.74) is -0.977. The van der Waals surface area contributed by atoms with Gasteiger partial charge in [0.1, 0.15) is 10.7 Å². The molecule has 0 saturated heterocycles. The van der Waals surface area contributed by atoms with E-state index in [1.54, 1.807) is 6.07 Å². The van der Waals surface area contributed by atoms with Gasteiger partial charge >= 0.3 is 5.69 Å². The SMILES string of the molecule is C=c1[nH]c(=O)c(=Cc2ccc(OCCCCCCCCC)c([N+](=O)[O-])c2)c(=O)[nH]1. The number of nitro benzene ring substituents is 1. The van der Waals surface area contributed by atoms with Gasteiger partial charge in [-0.3, -0.25) is 19.7 Å². The lowest BCUT2D eigenvalue weighted by molar-refractivity contribution is -0.385. The zero-order valence-electron chi connectivity index (χ0n) is 16.7. The molecule has 0 amide bonds. The van der Waals surface area contributed by atoms with Crippen molar-refractivity contribution in [3.63, 3.8) is 0 Å². The van der Waals surface area contributed by atoms with Gasteiger partial charge in [-0.15, -0.1) is 0 Å². The van der Waals surface area contributed by atoms with Crippen molar-refractivity contribution in [2.75, 3.05) is 6.61 Å². The van der Waals surface area contributed by atoms with Crippen LogP contribution in [0.25, 0.3) is 12.7 Å². The molecule has 0 aliphatic carbocycles. The largest absolute Gasteiger partial charge is 0.487 e. The molecule has 1 heterocycles. The van der Waals surface area contributed by atoms with Gasteiger partial charge in [-0.2, -0.15) is 0 Å². The molecule has 0 atom stereocenters. The Morgan fingerprint density at radius 3 is 2.31 bits per heavy atom. The Balaban J connectivity index is 2.09. The molecule has 0 unspecified atom stereocenters. The first-order chi connectivity index (χ1) is 13.9. The van der Waals surface area contributed by atoms with E-state index in [9.17, 15) is 19.7 Å². The smallest absolute Gasteiger partial charge is 0.311 e. The molecule has 29 heavy (non-hydrogen) atoms. The predicted molar refractivity (Wildman–Crippen MR) is 113 cm³/mol. The number of hydrogen-bond donors (Lipinski definition) is 2. The fourth-order valence-corrected chi connectivity index (χ4v) is 2.97. The number of nitro groups is 1. The van der Waals surface area contributed by atoms with Crippen molar-refractivity contribution in [1.82, 2.24) is 9.97 Å². The van der Waals surface area contributed by atoms with Crippen LogP contribution in [0.5, 0.6) is 5.75 Å². The van der Waals surface area contributed by atoms with E-state index in [4.69, 9.17) is 4.74 Å². The minimum atomic E-state index is -0.610. The Kier molecular flexibility index (Phi) is 8.39. The van der Waals surface area contributed by atoms with Crippen LogP contribution in [0.3, 0.4) is 0 Å². The molecule has 1 aromatic carbocycles. The Morgan fingerprint density at radius 2 is 1.69 bits per heavy atom. The third kappa shape index (κ3) is 6.74. The van der Waals surface area contributed by atoms with Crippen LogP contribution in [0.4, 0.5) is 5.69 Å². The molecule has 8 heteroatoms. The third-order valence-corrected chi connectivity index (χ3v) is 4.51. The summed E-state index contributed by atoms with van der Waals surface area (Å²) in [5.74, 6) is 0.175. The van der Waals surface area contributed by atoms with E-state index < -0.39 is 16.0 Å². The molecule has 2 rings (SSSR count). The molecule has 0 saturated carbocycles. The molecule has 0 aliphatic rings. The zero-order valence-corrected chi connectivity index (χ0v) is 16.7. The van der Waals surface area contributed by atoms with Gasteiger partial charge in [-0.25, -0.2) is 0 Å². The lowest BCUT2D eigenvalue weighted by Crippen LogP contribution is -2.47. The molecule has 156 valence electrons. The van der Waals surface area contributed by atoms with Gasteiger partial charge in [0.05, 0.1) is 11.5 Å². The van der Waals surface area contributed by atoms with Gasteiger partial charge in [-0.1, -0.05) is 58.1 Å². The average molecular weight is 401 g/mol. The highest BCUT2D eigenvalue weighted by atomic mass is 16.6. The molecule has 8 nitrogen and oxygen atoms in total. The van der Waals surface area contributed by atoms with Gasteiger partial charge in [-0.05, 0) is 24.1 Å². The van der Waals surface area contributed by atoms with Crippen molar-refractivity contribution >= 4 is 18.3 Å². The minimum absolute atomic E-state index is 0.0947. The predicted octanol–water partition coefficient (Wildman–Crippen LogP) is 2.34. The summed E-state index contributed by atoms with van der Waals surface area (Å²) >= 11 is 0. The van der Waals surface area contributed by atoms with E-state index in [1.807, 2.05) is 0 Å². The van der Waals surface area contributed by atoms with Crippen LogP contribution in [-0.2, 0) is 0 Å². The van der Waals surface area contributed by atoms with E-state index in [0.29, 0.717) is 12.2 Å². The number of hydrogen-bond acceptors (Lipinski definition) is 5. The topological polar surface area (TPSA) is 118 Å². The summed E-state index contributed by atoms with van der Waals surface area (Å²) in [6.07, 6.45) is 9.19. The molecule has 0 fully saturated rings. The number of rotatable bonds is 11. The van der Waals surface area contributed by atoms with E-state index in [-0.39, 0.29) is 22.1 Å². The van der Waals surface area contributed by atoms with Crippen LogP contribution in [0.15, 0.2) is 27.8 Å². The van der Waals surface area contributed by atoms with Crippen molar-refractivity contribution in [3.05, 3.63) is 65.3 Å². The normalized spacial score (nSPS) is 10.7. The number of aromatic nitrogens is 2. The second kappa shape index (κ2) is 11.0.